The summed E-state index contributed by atoms with van der Waals surface area (Å²) in [6.45, 7) is 7.74. The number of nitrogens with zero attached hydrogens (tertiary/aromatic N) is 1. The van der Waals surface area contributed by atoms with Crippen molar-refractivity contribution >= 4 is 5.97 Å². The van der Waals surface area contributed by atoms with Gasteiger partial charge in [0.25, 0.3) is 0 Å². The second-order valence-electron chi connectivity index (χ2n) is 6.07. The van der Waals surface area contributed by atoms with Gasteiger partial charge in [-0.2, -0.15) is 0 Å². The third kappa shape index (κ3) is 3.93. The van der Waals surface area contributed by atoms with Gasteiger partial charge >= 0.3 is 5.97 Å². The van der Waals surface area contributed by atoms with E-state index in [1.165, 1.54) is 19.3 Å². The molecule has 0 aromatic heterocycles. The number of carboxylic acid groups (broad SMARTS) is 1. The van der Waals surface area contributed by atoms with Crippen LogP contribution in [-0.2, 0) is 4.79 Å². The molecular formula is C15H30N2O2. The number of hydrogen-bond acceptors (Lipinski definition) is 3. The average molecular weight is 270 g/mol. The predicted molar refractivity (Wildman–Crippen MR) is 78.4 cm³/mol. The Bertz CT molecular complexity index is 294. The Morgan fingerprint density at radius 3 is 2.58 bits per heavy atom. The molecule has 1 rings (SSSR count). The fourth-order valence-corrected chi connectivity index (χ4v) is 3.24. The van der Waals surface area contributed by atoms with Gasteiger partial charge in [0.15, 0.2) is 0 Å². The number of nitrogens with one attached hydrogen (secondary N) is 1. The van der Waals surface area contributed by atoms with E-state index in [4.69, 9.17) is 0 Å². The van der Waals surface area contributed by atoms with Gasteiger partial charge in [0.2, 0.25) is 0 Å². The van der Waals surface area contributed by atoms with Crippen molar-refractivity contribution in [3.8, 4) is 0 Å². The number of unbranched alkanes of at least 4 members (excludes halogenated alkanes) is 2. The molecule has 0 heterocycles. The van der Waals surface area contributed by atoms with Gasteiger partial charge in [-0.05, 0) is 53.1 Å². The number of rotatable bonds is 8. The molecule has 2 atom stereocenters. The third-order valence-corrected chi connectivity index (χ3v) is 4.53. The Morgan fingerprint density at radius 1 is 1.47 bits per heavy atom. The van der Waals surface area contributed by atoms with Crippen LogP contribution in [0.3, 0.4) is 0 Å². The summed E-state index contributed by atoms with van der Waals surface area (Å²) in [7, 11) is 1.77. The summed E-state index contributed by atoms with van der Waals surface area (Å²) in [5.41, 5.74) is -0.706. The lowest BCUT2D eigenvalue weighted by Crippen LogP contribution is -2.50. The van der Waals surface area contributed by atoms with Crippen LogP contribution in [0, 0.1) is 0 Å². The molecule has 4 nitrogen and oxygen atoms in total. The molecule has 0 aromatic rings. The number of aliphatic carboxylic acids is 1. The minimum absolute atomic E-state index is 0.403. The van der Waals surface area contributed by atoms with Crippen molar-refractivity contribution < 1.29 is 9.90 Å². The summed E-state index contributed by atoms with van der Waals surface area (Å²) >= 11 is 0. The van der Waals surface area contributed by atoms with Gasteiger partial charge < -0.3 is 10.4 Å². The van der Waals surface area contributed by atoms with Crippen molar-refractivity contribution in [1.82, 2.24) is 10.2 Å². The highest BCUT2D eigenvalue weighted by Crippen LogP contribution is 2.34. The summed E-state index contributed by atoms with van der Waals surface area (Å²) in [5, 5.41) is 12.5. The molecule has 0 aromatic carbocycles. The number of carbonyl (C=O) groups is 1. The molecule has 4 heteroatoms. The van der Waals surface area contributed by atoms with Crippen LogP contribution in [0.1, 0.15) is 59.3 Å². The van der Waals surface area contributed by atoms with E-state index in [2.05, 4.69) is 31.0 Å². The smallest absolute Gasteiger partial charge is 0.323 e. The second kappa shape index (κ2) is 7.25. The van der Waals surface area contributed by atoms with E-state index >= 15 is 0 Å². The van der Waals surface area contributed by atoms with Gasteiger partial charge in [0.05, 0.1) is 0 Å². The summed E-state index contributed by atoms with van der Waals surface area (Å²) in [6, 6.07) is 0.892. The summed E-state index contributed by atoms with van der Waals surface area (Å²) in [5.74, 6) is -0.699. The average Bonchev–Trinajstić information content (AvgIpc) is 2.79. The van der Waals surface area contributed by atoms with Crippen molar-refractivity contribution in [2.24, 2.45) is 0 Å². The maximum Gasteiger partial charge on any atom is 0.323 e. The Hall–Kier alpha value is -0.610. The number of carboxylic acids is 1. The lowest BCUT2D eigenvalue weighted by Gasteiger charge is -2.34. The normalized spacial score (nSPS) is 27.4. The Labute approximate surface area is 117 Å². The van der Waals surface area contributed by atoms with E-state index in [0.717, 1.165) is 25.8 Å². The monoisotopic (exact) mass is 270 g/mol. The molecule has 0 saturated heterocycles. The molecule has 112 valence electrons. The first kappa shape index (κ1) is 16.4. The van der Waals surface area contributed by atoms with Crippen LogP contribution in [0.4, 0.5) is 0 Å². The lowest BCUT2D eigenvalue weighted by atomic mass is 9.97. The van der Waals surface area contributed by atoms with Gasteiger partial charge in [-0.3, -0.25) is 9.69 Å². The van der Waals surface area contributed by atoms with Gasteiger partial charge in [-0.1, -0.05) is 19.8 Å². The summed E-state index contributed by atoms with van der Waals surface area (Å²) < 4.78 is 0. The van der Waals surface area contributed by atoms with Crippen molar-refractivity contribution in [2.75, 3.05) is 13.6 Å². The SMILES string of the molecule is CCCCCN(C(C)C)C1CCC(NC)(C(=O)O)C1. The van der Waals surface area contributed by atoms with E-state index in [1.54, 1.807) is 7.05 Å². The molecule has 2 N–H and O–H groups in total. The molecule has 1 fully saturated rings. The molecule has 0 aliphatic heterocycles. The van der Waals surface area contributed by atoms with Crippen LogP contribution < -0.4 is 5.32 Å². The highest BCUT2D eigenvalue weighted by Gasteiger charge is 2.46. The van der Waals surface area contributed by atoms with E-state index in [9.17, 15) is 9.90 Å². The van der Waals surface area contributed by atoms with Crippen molar-refractivity contribution in [2.45, 2.75) is 76.9 Å². The Balaban J connectivity index is 2.65. The second-order valence-corrected chi connectivity index (χ2v) is 6.07. The van der Waals surface area contributed by atoms with E-state index in [-0.39, 0.29) is 0 Å². The first-order chi connectivity index (χ1) is 8.96. The van der Waals surface area contributed by atoms with E-state index in [1.807, 2.05) is 0 Å². The molecule has 2 unspecified atom stereocenters. The van der Waals surface area contributed by atoms with Gasteiger partial charge in [-0.15, -0.1) is 0 Å². The van der Waals surface area contributed by atoms with Crippen LogP contribution in [0.5, 0.6) is 0 Å². The highest BCUT2D eigenvalue weighted by atomic mass is 16.4. The molecule has 19 heavy (non-hydrogen) atoms. The number of likely N-dealkylation sites (N-methyl/N-ethyl adjacent to an activating group) is 1. The molecule has 0 bridgehead atoms. The zero-order chi connectivity index (χ0) is 14.5. The molecule has 0 amide bonds. The van der Waals surface area contributed by atoms with Gasteiger partial charge in [0, 0.05) is 12.1 Å². The van der Waals surface area contributed by atoms with E-state index < -0.39 is 11.5 Å². The summed E-state index contributed by atoms with van der Waals surface area (Å²) in [4.78, 5) is 14.0. The van der Waals surface area contributed by atoms with Crippen LogP contribution >= 0.6 is 0 Å². The predicted octanol–water partition coefficient (Wildman–Crippen LogP) is 2.48. The maximum absolute atomic E-state index is 11.5. The fraction of sp³-hybridized carbons (Fsp3) is 0.933. The van der Waals surface area contributed by atoms with Crippen LogP contribution in [-0.4, -0.2) is 47.2 Å². The number of hydrogen-bond donors (Lipinski definition) is 2. The van der Waals surface area contributed by atoms with Crippen molar-refractivity contribution in [3.05, 3.63) is 0 Å². The Morgan fingerprint density at radius 2 is 2.16 bits per heavy atom. The minimum Gasteiger partial charge on any atom is -0.480 e. The molecule has 0 spiro atoms. The largest absolute Gasteiger partial charge is 0.480 e. The van der Waals surface area contributed by atoms with Gasteiger partial charge in [0.1, 0.15) is 5.54 Å². The highest BCUT2D eigenvalue weighted by molar-refractivity contribution is 5.79. The van der Waals surface area contributed by atoms with Crippen LogP contribution in [0.15, 0.2) is 0 Å². The van der Waals surface area contributed by atoms with Gasteiger partial charge in [-0.25, -0.2) is 0 Å². The minimum atomic E-state index is -0.706. The first-order valence-electron chi connectivity index (χ1n) is 7.65. The Kier molecular flexibility index (Phi) is 6.27. The van der Waals surface area contributed by atoms with Crippen molar-refractivity contribution in [1.29, 1.82) is 0 Å². The fourth-order valence-electron chi connectivity index (χ4n) is 3.24. The van der Waals surface area contributed by atoms with Crippen LogP contribution in [0.2, 0.25) is 0 Å². The zero-order valence-corrected chi connectivity index (χ0v) is 12.9. The zero-order valence-electron chi connectivity index (χ0n) is 12.9. The molecule has 1 saturated carbocycles. The van der Waals surface area contributed by atoms with Crippen molar-refractivity contribution in [3.63, 3.8) is 0 Å². The van der Waals surface area contributed by atoms with E-state index in [0.29, 0.717) is 12.1 Å². The lowest BCUT2D eigenvalue weighted by molar-refractivity contribution is -0.144. The first-order valence-corrected chi connectivity index (χ1v) is 7.65. The third-order valence-electron chi connectivity index (χ3n) is 4.53. The topological polar surface area (TPSA) is 52.6 Å². The van der Waals surface area contributed by atoms with Crippen LogP contribution in [0.25, 0.3) is 0 Å². The maximum atomic E-state index is 11.5. The quantitative estimate of drug-likeness (QED) is 0.665. The molecule has 0 radical (unpaired) electrons. The molecule has 1 aliphatic rings. The molecular weight excluding hydrogens is 240 g/mol. The summed E-state index contributed by atoms with van der Waals surface area (Å²) in [6.07, 6.45) is 6.14. The standard InChI is InChI=1S/C15H30N2O2/c1-5-6-7-10-17(12(2)3)13-8-9-15(11-13,16-4)14(18)19/h12-13,16H,5-11H2,1-4H3,(H,18,19). The molecule has 1 aliphatic carbocycles.